The molecule has 0 atom stereocenters. The molecule has 10 heteroatoms. The van der Waals surface area contributed by atoms with Gasteiger partial charge in [-0.05, 0) is 37.1 Å². The van der Waals surface area contributed by atoms with Crippen LogP contribution in [0, 0.1) is 19.7 Å². The van der Waals surface area contributed by atoms with Gasteiger partial charge in [0.2, 0.25) is 5.91 Å². The van der Waals surface area contributed by atoms with Crippen molar-refractivity contribution in [3.63, 3.8) is 0 Å². The molecule has 3 heterocycles. The third-order valence-corrected chi connectivity index (χ3v) is 6.25. The van der Waals surface area contributed by atoms with E-state index in [-0.39, 0.29) is 23.6 Å². The number of hydrogen-bond donors (Lipinski definition) is 1. The van der Waals surface area contributed by atoms with Crippen LogP contribution in [0.4, 0.5) is 9.39 Å². The van der Waals surface area contributed by atoms with E-state index < -0.39 is 11.7 Å². The van der Waals surface area contributed by atoms with Gasteiger partial charge in [-0.2, -0.15) is 5.10 Å². The molecule has 1 fully saturated rings. The molecule has 0 unspecified atom stereocenters. The van der Waals surface area contributed by atoms with Crippen molar-refractivity contribution in [2.24, 2.45) is 0 Å². The highest BCUT2D eigenvalue weighted by Gasteiger charge is 2.30. The van der Waals surface area contributed by atoms with E-state index in [1.165, 1.54) is 28.4 Å². The molecule has 0 bridgehead atoms. The van der Waals surface area contributed by atoms with Crippen LogP contribution in [0.5, 0.6) is 0 Å². The topological polar surface area (TPSA) is 99.3 Å². The first-order valence-electron chi connectivity index (χ1n) is 9.66. The molecule has 160 valence electrons. The van der Waals surface area contributed by atoms with Crippen LogP contribution in [0.3, 0.4) is 0 Å². The molecule has 0 spiro atoms. The minimum Gasteiger partial charge on any atom is -0.327 e. The van der Waals surface area contributed by atoms with Gasteiger partial charge >= 0.3 is 0 Å². The summed E-state index contributed by atoms with van der Waals surface area (Å²) in [5, 5.41) is 7.26. The molecule has 3 aromatic rings. The van der Waals surface area contributed by atoms with Gasteiger partial charge in [0.25, 0.3) is 11.5 Å². The molecule has 8 nitrogen and oxygen atoms in total. The Bertz CT molecular complexity index is 1210. The Morgan fingerprint density at radius 1 is 1.23 bits per heavy atom. The van der Waals surface area contributed by atoms with Gasteiger partial charge in [0.05, 0.1) is 23.0 Å². The average molecular weight is 441 g/mol. The van der Waals surface area contributed by atoms with Gasteiger partial charge in [0.15, 0.2) is 0 Å². The van der Waals surface area contributed by atoms with Gasteiger partial charge in [-0.15, -0.1) is 11.3 Å². The van der Waals surface area contributed by atoms with Crippen molar-refractivity contribution < 1.29 is 14.0 Å². The molecule has 0 aliphatic carbocycles. The van der Waals surface area contributed by atoms with E-state index in [1.807, 2.05) is 0 Å². The number of nitrogens with one attached hydrogen (secondary N) is 1. The Balaban J connectivity index is 1.53. The highest BCUT2D eigenvalue weighted by molar-refractivity contribution is 7.14. The molecule has 2 aromatic heterocycles. The highest BCUT2D eigenvalue weighted by atomic mass is 32.1. The van der Waals surface area contributed by atoms with E-state index >= 15 is 0 Å². The molecule has 1 aliphatic heterocycles. The number of rotatable bonds is 4. The monoisotopic (exact) mass is 441 g/mol. The molecule has 1 N–H and O–H groups in total. The predicted molar refractivity (Wildman–Crippen MR) is 114 cm³/mol. The van der Waals surface area contributed by atoms with Crippen molar-refractivity contribution in [3.05, 3.63) is 74.0 Å². The number of carbonyl (C=O) groups is 2. The van der Waals surface area contributed by atoms with Crippen LogP contribution >= 0.6 is 11.3 Å². The van der Waals surface area contributed by atoms with Gasteiger partial charge < -0.3 is 4.90 Å². The standard InChI is InChI=1S/C21H20FN5O3S/c1-12-13(2)20(29)25-24-17(12)8-14-3-4-16(22)15(7-14)21(30)26-5-6-27(18(28)10-26)19-9-23-11-31-19/h3-4,7,9,11H,5-6,8,10H2,1-2H3,(H,25,29). The number of thiazole rings is 1. The lowest BCUT2D eigenvalue weighted by atomic mass is 10.0. The fourth-order valence-electron chi connectivity index (χ4n) is 3.48. The second-order valence-electron chi connectivity index (χ2n) is 7.35. The number of amides is 2. The van der Waals surface area contributed by atoms with Crippen LogP contribution in [-0.4, -0.2) is 51.5 Å². The summed E-state index contributed by atoms with van der Waals surface area (Å²) >= 11 is 1.35. The van der Waals surface area contributed by atoms with Gasteiger partial charge in [0, 0.05) is 25.1 Å². The summed E-state index contributed by atoms with van der Waals surface area (Å²) in [5.74, 6) is -1.41. The fraction of sp³-hybridized carbons (Fsp3) is 0.286. The number of halogens is 1. The van der Waals surface area contributed by atoms with E-state index in [0.717, 1.165) is 10.6 Å². The summed E-state index contributed by atoms with van der Waals surface area (Å²) in [6.45, 7) is 4.01. The van der Waals surface area contributed by atoms with Gasteiger partial charge in [-0.25, -0.2) is 9.49 Å². The van der Waals surface area contributed by atoms with Gasteiger partial charge in [-0.1, -0.05) is 6.07 Å². The molecule has 4 rings (SSSR count). The van der Waals surface area contributed by atoms with Crippen molar-refractivity contribution >= 4 is 28.2 Å². The van der Waals surface area contributed by atoms with Crippen molar-refractivity contribution in [2.75, 3.05) is 24.5 Å². The van der Waals surface area contributed by atoms with Crippen LogP contribution < -0.4 is 10.5 Å². The Morgan fingerprint density at radius 2 is 2.03 bits per heavy atom. The zero-order valence-corrected chi connectivity index (χ0v) is 17.8. The third-order valence-electron chi connectivity index (χ3n) is 5.45. The molecule has 0 radical (unpaired) electrons. The maximum absolute atomic E-state index is 14.5. The first kappa shape index (κ1) is 20.9. The number of aromatic amines is 1. The van der Waals surface area contributed by atoms with Gasteiger partial charge in [-0.3, -0.25) is 24.3 Å². The molecule has 31 heavy (non-hydrogen) atoms. The largest absolute Gasteiger partial charge is 0.327 e. The SMILES string of the molecule is Cc1c(Cc2ccc(F)c(C(=O)N3CCN(c4cncs4)C(=O)C3)c2)n[nH]c(=O)c1C. The van der Waals surface area contributed by atoms with Crippen LogP contribution in [0.25, 0.3) is 0 Å². The number of hydrogen-bond acceptors (Lipinski definition) is 6. The number of carbonyl (C=O) groups excluding carboxylic acids is 2. The quantitative estimate of drug-likeness (QED) is 0.668. The minimum atomic E-state index is -0.645. The first-order valence-corrected chi connectivity index (χ1v) is 10.5. The predicted octanol–water partition coefficient (Wildman–Crippen LogP) is 2.06. The number of benzene rings is 1. The normalized spacial score (nSPS) is 14.2. The number of nitrogens with zero attached hydrogens (tertiary/aromatic N) is 4. The summed E-state index contributed by atoms with van der Waals surface area (Å²) in [7, 11) is 0. The lowest BCUT2D eigenvalue weighted by Crippen LogP contribution is -2.52. The molecule has 1 aromatic carbocycles. The Labute approximate surface area is 181 Å². The number of anilines is 1. The Kier molecular flexibility index (Phi) is 5.64. The van der Waals surface area contributed by atoms with Crippen molar-refractivity contribution in [1.29, 1.82) is 0 Å². The fourth-order valence-corrected chi connectivity index (χ4v) is 4.15. The number of aromatic nitrogens is 3. The van der Waals surface area contributed by atoms with Gasteiger partial charge in [0.1, 0.15) is 17.4 Å². The third kappa shape index (κ3) is 4.11. The molecule has 0 saturated carbocycles. The Hall–Kier alpha value is -3.40. The second kappa shape index (κ2) is 8.38. The summed E-state index contributed by atoms with van der Waals surface area (Å²) in [6.07, 6.45) is 1.94. The van der Waals surface area contributed by atoms with Crippen molar-refractivity contribution in [1.82, 2.24) is 20.1 Å². The number of piperazine rings is 1. The molecule has 1 saturated heterocycles. The van der Waals surface area contributed by atoms with Crippen molar-refractivity contribution in [3.8, 4) is 0 Å². The maximum Gasteiger partial charge on any atom is 0.267 e. The van der Waals surface area contributed by atoms with E-state index in [0.29, 0.717) is 36.3 Å². The Morgan fingerprint density at radius 3 is 2.74 bits per heavy atom. The summed E-state index contributed by atoms with van der Waals surface area (Å²) in [4.78, 5) is 44.1. The van der Waals surface area contributed by atoms with Crippen LogP contribution in [0.15, 0.2) is 34.7 Å². The summed E-state index contributed by atoms with van der Waals surface area (Å²) in [6, 6.07) is 4.31. The average Bonchev–Trinajstić information content (AvgIpc) is 3.29. The first-order chi connectivity index (χ1) is 14.8. The highest BCUT2D eigenvalue weighted by Crippen LogP contribution is 2.23. The summed E-state index contributed by atoms with van der Waals surface area (Å²) < 4.78 is 14.5. The minimum absolute atomic E-state index is 0.0876. The van der Waals surface area contributed by atoms with E-state index in [4.69, 9.17) is 0 Å². The maximum atomic E-state index is 14.5. The summed E-state index contributed by atoms with van der Waals surface area (Å²) in [5.41, 5.74) is 3.96. The van der Waals surface area contributed by atoms with E-state index in [1.54, 1.807) is 36.5 Å². The van der Waals surface area contributed by atoms with E-state index in [9.17, 15) is 18.8 Å². The van der Waals surface area contributed by atoms with Crippen LogP contribution in [-0.2, 0) is 11.2 Å². The lowest BCUT2D eigenvalue weighted by molar-refractivity contribution is -0.120. The molecular formula is C21H20FN5O3S. The molecule has 2 amide bonds. The zero-order chi connectivity index (χ0) is 22.1. The van der Waals surface area contributed by atoms with Crippen molar-refractivity contribution in [2.45, 2.75) is 20.3 Å². The lowest BCUT2D eigenvalue weighted by Gasteiger charge is -2.33. The molecular weight excluding hydrogens is 421 g/mol. The number of H-pyrrole nitrogens is 1. The van der Waals surface area contributed by atoms with E-state index in [2.05, 4.69) is 15.2 Å². The van der Waals surface area contributed by atoms with Crippen LogP contribution in [0.2, 0.25) is 0 Å². The van der Waals surface area contributed by atoms with Crippen LogP contribution in [0.1, 0.15) is 32.7 Å². The smallest absolute Gasteiger partial charge is 0.267 e. The molecule has 1 aliphatic rings. The zero-order valence-electron chi connectivity index (χ0n) is 17.0. The second-order valence-corrected chi connectivity index (χ2v) is 8.22.